The Balaban J connectivity index is 1.67. The maximum absolute atomic E-state index is 12.6. The number of aryl methyl sites for hydroxylation is 1. The van der Waals surface area contributed by atoms with Crippen LogP contribution in [-0.4, -0.2) is 17.0 Å². The van der Waals surface area contributed by atoms with Crippen molar-refractivity contribution in [1.29, 1.82) is 0 Å². The highest BCUT2D eigenvalue weighted by atomic mass is 35.5. The molecule has 4 fully saturated rings. The smallest absolute Gasteiger partial charge is 0.318 e. The summed E-state index contributed by atoms with van der Waals surface area (Å²) in [5.41, 5.74) is 1.85. The minimum atomic E-state index is -4.89. The van der Waals surface area contributed by atoms with E-state index in [1.165, 1.54) is 6.42 Å². The van der Waals surface area contributed by atoms with E-state index < -0.39 is 12.1 Å². The van der Waals surface area contributed by atoms with Crippen LogP contribution in [0.4, 0.5) is 18.9 Å². The highest BCUT2D eigenvalue weighted by Crippen LogP contribution is 2.64. The molecule has 0 spiro atoms. The molecule has 0 aromatic heterocycles. The molecule has 25 heavy (non-hydrogen) atoms. The summed E-state index contributed by atoms with van der Waals surface area (Å²) in [6.07, 6.45) is 1.42. The van der Waals surface area contributed by atoms with E-state index in [2.05, 4.69) is 0 Å². The number of rotatable bonds is 2. The average molecular weight is 372 g/mol. The van der Waals surface area contributed by atoms with Crippen LogP contribution in [0.25, 0.3) is 0 Å². The zero-order valence-electron chi connectivity index (χ0n) is 14.0. The van der Waals surface area contributed by atoms with Crippen molar-refractivity contribution in [2.75, 3.05) is 5.32 Å². The lowest BCUT2D eigenvalue weighted by molar-refractivity contribution is -0.167. The van der Waals surface area contributed by atoms with Gasteiger partial charge < -0.3 is 5.32 Å². The topological polar surface area (TPSA) is 29.1 Å². The Labute approximate surface area is 150 Å². The van der Waals surface area contributed by atoms with Crippen LogP contribution in [-0.2, 0) is 10.2 Å². The van der Waals surface area contributed by atoms with Gasteiger partial charge in [-0.3, -0.25) is 4.79 Å². The number of amides is 1. The maximum Gasteiger partial charge on any atom is 0.471 e. The summed E-state index contributed by atoms with van der Waals surface area (Å²) < 4.78 is 37.8. The summed E-state index contributed by atoms with van der Waals surface area (Å²) in [5.74, 6) is -0.714. The highest BCUT2D eigenvalue weighted by Gasteiger charge is 2.57. The molecule has 1 N–H and O–H groups in total. The van der Waals surface area contributed by atoms with Gasteiger partial charge in [-0.1, -0.05) is 12.1 Å². The lowest BCUT2D eigenvalue weighted by Crippen LogP contribution is -2.55. The molecule has 5 rings (SSSR count). The van der Waals surface area contributed by atoms with Crippen LogP contribution in [0.3, 0.4) is 0 Å². The third kappa shape index (κ3) is 2.94. The minimum absolute atomic E-state index is 0.0583. The largest absolute Gasteiger partial charge is 0.471 e. The Morgan fingerprint density at radius 3 is 2.40 bits per heavy atom. The van der Waals surface area contributed by atoms with Gasteiger partial charge >= 0.3 is 12.1 Å². The summed E-state index contributed by atoms with van der Waals surface area (Å²) in [5, 5.41) is 2.04. The molecule has 4 aliphatic carbocycles. The third-order valence-corrected chi connectivity index (χ3v) is 6.79. The molecule has 1 aromatic carbocycles. The Morgan fingerprint density at radius 2 is 1.84 bits per heavy atom. The fraction of sp³-hybridized carbons (Fsp3) is 0.632. The molecule has 1 amide bonds. The number of alkyl halides is 4. The lowest BCUT2D eigenvalue weighted by Gasteiger charge is -2.60. The van der Waals surface area contributed by atoms with Crippen molar-refractivity contribution in [2.24, 2.45) is 11.8 Å². The number of anilines is 1. The van der Waals surface area contributed by atoms with Crippen LogP contribution in [0.1, 0.15) is 49.7 Å². The van der Waals surface area contributed by atoms with E-state index in [0.29, 0.717) is 17.4 Å². The highest BCUT2D eigenvalue weighted by molar-refractivity contribution is 6.24. The zero-order valence-corrected chi connectivity index (χ0v) is 14.8. The van der Waals surface area contributed by atoms with Crippen molar-refractivity contribution in [2.45, 2.75) is 61.9 Å². The van der Waals surface area contributed by atoms with E-state index >= 15 is 0 Å². The Bertz CT molecular complexity index is 716. The van der Waals surface area contributed by atoms with E-state index in [1.54, 1.807) is 19.1 Å². The van der Waals surface area contributed by atoms with Gasteiger partial charge in [0, 0.05) is 10.6 Å². The number of halogens is 4. The Morgan fingerprint density at radius 1 is 1.20 bits per heavy atom. The molecule has 2 unspecified atom stereocenters. The van der Waals surface area contributed by atoms with Gasteiger partial charge in [-0.05, 0) is 79.9 Å². The molecule has 4 bridgehead atoms. The predicted molar refractivity (Wildman–Crippen MR) is 90.8 cm³/mol. The number of hydrogen-bond acceptors (Lipinski definition) is 1. The molecular weight excluding hydrogens is 351 g/mol. The van der Waals surface area contributed by atoms with Crippen molar-refractivity contribution in [3.8, 4) is 0 Å². The summed E-state index contributed by atoms with van der Waals surface area (Å²) in [6.45, 7) is 1.71. The van der Waals surface area contributed by atoms with Crippen molar-refractivity contribution in [1.82, 2.24) is 0 Å². The summed E-state index contributed by atoms with van der Waals surface area (Å²) in [4.78, 5) is 11.2. The molecule has 0 heterocycles. The fourth-order valence-electron chi connectivity index (χ4n) is 5.77. The second-order valence-corrected chi connectivity index (χ2v) is 9.18. The van der Waals surface area contributed by atoms with Gasteiger partial charge in [0.15, 0.2) is 0 Å². The summed E-state index contributed by atoms with van der Waals surface area (Å²) >= 11 is 6.87. The van der Waals surface area contributed by atoms with E-state index in [-0.39, 0.29) is 16.0 Å². The monoisotopic (exact) mass is 371 g/mol. The van der Waals surface area contributed by atoms with Gasteiger partial charge in [0.05, 0.1) is 0 Å². The first-order valence-electron chi connectivity index (χ1n) is 8.77. The van der Waals surface area contributed by atoms with Gasteiger partial charge in [0.2, 0.25) is 0 Å². The molecule has 4 aliphatic rings. The molecule has 1 aromatic rings. The van der Waals surface area contributed by atoms with Crippen LogP contribution in [0.2, 0.25) is 0 Å². The third-order valence-electron chi connectivity index (χ3n) is 6.35. The number of carbonyl (C=O) groups excluding carboxylic acids is 1. The van der Waals surface area contributed by atoms with E-state index in [9.17, 15) is 18.0 Å². The SMILES string of the molecule is Cc1ccc(C23C[C@@H]4C[C@@H](CC(Cl)(C4)C2)C3)cc1NC(=O)C(F)(F)F. The van der Waals surface area contributed by atoms with Crippen molar-refractivity contribution in [3.05, 3.63) is 29.3 Å². The van der Waals surface area contributed by atoms with E-state index in [1.807, 2.05) is 11.4 Å². The molecule has 0 radical (unpaired) electrons. The predicted octanol–water partition coefficient (Wildman–Crippen LogP) is 5.33. The van der Waals surface area contributed by atoms with Crippen LogP contribution in [0.5, 0.6) is 0 Å². The van der Waals surface area contributed by atoms with Crippen LogP contribution in [0, 0.1) is 18.8 Å². The van der Waals surface area contributed by atoms with Gasteiger partial charge in [-0.2, -0.15) is 13.2 Å². The van der Waals surface area contributed by atoms with E-state index in [4.69, 9.17) is 11.6 Å². The van der Waals surface area contributed by atoms with Gasteiger partial charge in [0.25, 0.3) is 0 Å². The van der Waals surface area contributed by atoms with Gasteiger partial charge in [0.1, 0.15) is 0 Å². The molecule has 4 atom stereocenters. The Kier molecular flexibility index (Phi) is 3.70. The van der Waals surface area contributed by atoms with Crippen molar-refractivity contribution >= 4 is 23.2 Å². The normalized spacial score (nSPS) is 36.5. The second-order valence-electron chi connectivity index (χ2n) is 8.37. The minimum Gasteiger partial charge on any atom is -0.318 e. The number of carbonyl (C=O) groups is 1. The summed E-state index contributed by atoms with van der Waals surface area (Å²) in [7, 11) is 0. The summed E-state index contributed by atoms with van der Waals surface area (Å²) in [6, 6.07) is 5.55. The first-order chi connectivity index (χ1) is 11.6. The first-order valence-corrected chi connectivity index (χ1v) is 9.15. The molecular formula is C19H21ClF3NO. The Hall–Kier alpha value is -1.23. The van der Waals surface area contributed by atoms with Crippen LogP contribution >= 0.6 is 11.6 Å². The quantitative estimate of drug-likeness (QED) is 0.700. The van der Waals surface area contributed by atoms with Gasteiger partial charge in [-0.25, -0.2) is 0 Å². The van der Waals surface area contributed by atoms with Crippen molar-refractivity contribution < 1.29 is 18.0 Å². The molecule has 136 valence electrons. The number of benzene rings is 1. The fourth-order valence-corrected chi connectivity index (χ4v) is 6.46. The average Bonchev–Trinajstić information content (AvgIpc) is 2.45. The molecule has 0 aliphatic heterocycles. The molecule has 4 saturated carbocycles. The zero-order chi connectivity index (χ0) is 18.0. The number of nitrogens with one attached hydrogen (secondary N) is 1. The molecule has 2 nitrogen and oxygen atoms in total. The maximum atomic E-state index is 12.6. The van der Waals surface area contributed by atoms with Crippen LogP contribution in [0.15, 0.2) is 18.2 Å². The molecule has 0 saturated heterocycles. The standard InChI is InChI=1S/C19H21ClF3NO/c1-11-2-3-14(5-15(11)24-16(25)19(21,22)23)17-6-12-4-13(7-17)9-18(20,8-12)10-17/h2-3,5,12-13H,4,6-10H2,1H3,(H,24,25)/t12-,13+,17?,18?. The first kappa shape index (κ1) is 17.2. The van der Waals surface area contributed by atoms with E-state index in [0.717, 1.165) is 37.7 Å². The number of hydrogen-bond donors (Lipinski definition) is 1. The van der Waals surface area contributed by atoms with Crippen molar-refractivity contribution in [3.63, 3.8) is 0 Å². The molecule has 6 heteroatoms. The van der Waals surface area contributed by atoms with Crippen LogP contribution < -0.4 is 5.32 Å². The second kappa shape index (κ2) is 5.38. The van der Waals surface area contributed by atoms with Gasteiger partial charge in [-0.15, -0.1) is 11.6 Å². The lowest BCUT2D eigenvalue weighted by atomic mass is 9.47.